The fourth-order valence-electron chi connectivity index (χ4n) is 2.77. The van der Waals surface area contributed by atoms with Crippen LogP contribution in [0, 0.1) is 6.92 Å². The molecule has 21 heavy (non-hydrogen) atoms. The third kappa shape index (κ3) is 3.13. The number of nitrogens with one attached hydrogen (secondary N) is 1. The van der Waals surface area contributed by atoms with Gasteiger partial charge in [0.15, 0.2) is 5.15 Å². The summed E-state index contributed by atoms with van der Waals surface area (Å²) in [6, 6.07) is 10.3. The Morgan fingerprint density at radius 3 is 2.52 bits per heavy atom. The van der Waals surface area contributed by atoms with Crippen molar-refractivity contribution in [3.8, 4) is 0 Å². The predicted octanol–water partition coefficient (Wildman–Crippen LogP) is 5.71. The lowest BCUT2D eigenvalue weighted by atomic mass is 9.75. The van der Waals surface area contributed by atoms with Gasteiger partial charge >= 0.3 is 0 Å². The van der Waals surface area contributed by atoms with Crippen LogP contribution < -0.4 is 5.32 Å². The number of rotatable bonds is 3. The smallest absolute Gasteiger partial charge is 0.154 e. The van der Waals surface area contributed by atoms with E-state index in [1.165, 1.54) is 5.56 Å². The molecule has 0 saturated heterocycles. The Hall–Kier alpha value is -0.960. The Bertz CT molecular complexity index is 643. The van der Waals surface area contributed by atoms with Crippen LogP contribution in [0.5, 0.6) is 0 Å². The van der Waals surface area contributed by atoms with Crippen LogP contribution in [0.4, 0.5) is 5.69 Å². The third-order valence-electron chi connectivity index (χ3n) is 3.97. The van der Waals surface area contributed by atoms with Gasteiger partial charge in [-0.25, -0.2) is 4.98 Å². The first kappa shape index (κ1) is 15.0. The number of benzene rings is 1. The number of aryl methyl sites for hydroxylation is 1. The molecule has 0 radical (unpaired) electrons. The summed E-state index contributed by atoms with van der Waals surface area (Å²) in [5.41, 5.74) is 3.12. The van der Waals surface area contributed by atoms with Crippen LogP contribution in [0.2, 0.25) is 15.3 Å². The van der Waals surface area contributed by atoms with Gasteiger partial charge in [-0.2, -0.15) is 0 Å². The number of hydrogen-bond donors (Lipinski definition) is 1. The average Bonchev–Trinajstić information content (AvgIpc) is 2.37. The molecule has 1 aromatic heterocycles. The number of anilines is 1. The zero-order valence-corrected chi connectivity index (χ0v) is 13.8. The molecule has 5 heteroatoms. The highest BCUT2D eigenvalue weighted by Gasteiger charge is 2.32. The van der Waals surface area contributed by atoms with Gasteiger partial charge in [0.1, 0.15) is 5.15 Å². The maximum Gasteiger partial charge on any atom is 0.154 e. The summed E-state index contributed by atoms with van der Waals surface area (Å²) < 4.78 is 0. The predicted molar refractivity (Wildman–Crippen MR) is 89.8 cm³/mol. The van der Waals surface area contributed by atoms with Crippen LogP contribution in [0.25, 0.3) is 0 Å². The highest BCUT2D eigenvalue weighted by molar-refractivity contribution is 6.34. The minimum absolute atomic E-state index is 0.394. The molecule has 0 spiro atoms. The molecule has 0 atom stereocenters. The lowest BCUT2D eigenvalue weighted by Gasteiger charge is -2.37. The van der Waals surface area contributed by atoms with Gasteiger partial charge in [0, 0.05) is 11.1 Å². The van der Waals surface area contributed by atoms with Crippen molar-refractivity contribution in [3.05, 3.63) is 56.8 Å². The van der Waals surface area contributed by atoms with E-state index in [1.807, 2.05) is 31.2 Å². The molecule has 0 aliphatic heterocycles. The van der Waals surface area contributed by atoms with Crippen molar-refractivity contribution in [1.29, 1.82) is 0 Å². The molecule has 1 fully saturated rings. The van der Waals surface area contributed by atoms with Crippen molar-refractivity contribution in [2.45, 2.75) is 31.7 Å². The number of nitrogens with zero attached hydrogens (tertiary/aromatic N) is 1. The molecule has 1 saturated carbocycles. The summed E-state index contributed by atoms with van der Waals surface area (Å²) in [7, 11) is 0. The fourth-order valence-corrected chi connectivity index (χ4v) is 3.64. The molecule has 0 amide bonds. The normalized spacial score (nSPS) is 21.0. The van der Waals surface area contributed by atoms with Gasteiger partial charge in [0.2, 0.25) is 0 Å². The molecule has 1 aromatic carbocycles. The van der Waals surface area contributed by atoms with Crippen LogP contribution >= 0.6 is 34.8 Å². The number of aromatic nitrogens is 1. The van der Waals surface area contributed by atoms with Crippen LogP contribution in [-0.2, 0) is 0 Å². The topological polar surface area (TPSA) is 24.9 Å². The second-order valence-corrected chi connectivity index (χ2v) is 6.61. The van der Waals surface area contributed by atoms with E-state index in [-0.39, 0.29) is 0 Å². The van der Waals surface area contributed by atoms with Gasteiger partial charge in [0.25, 0.3) is 0 Å². The van der Waals surface area contributed by atoms with Gasteiger partial charge in [0.05, 0.1) is 5.69 Å². The molecular formula is C16H15Cl3N2. The largest absolute Gasteiger partial charge is 0.380 e. The molecule has 3 rings (SSSR count). The lowest BCUT2D eigenvalue weighted by Crippen LogP contribution is -2.34. The molecule has 1 aliphatic rings. The molecule has 1 aliphatic carbocycles. The molecule has 1 N–H and O–H groups in total. The Morgan fingerprint density at radius 2 is 1.86 bits per heavy atom. The van der Waals surface area contributed by atoms with Gasteiger partial charge in [-0.15, -0.1) is 0 Å². The first-order valence-corrected chi connectivity index (χ1v) is 8.01. The van der Waals surface area contributed by atoms with Gasteiger partial charge in [-0.1, -0.05) is 53.0 Å². The number of hydrogen-bond acceptors (Lipinski definition) is 2. The maximum atomic E-state index is 6.24. The average molecular weight is 342 g/mol. The molecule has 2 aromatic rings. The van der Waals surface area contributed by atoms with Gasteiger partial charge in [-0.05, 0) is 48.9 Å². The van der Waals surface area contributed by atoms with Crippen molar-refractivity contribution in [3.63, 3.8) is 0 Å². The van der Waals surface area contributed by atoms with Crippen molar-refractivity contribution in [1.82, 2.24) is 4.98 Å². The summed E-state index contributed by atoms with van der Waals surface area (Å²) in [4.78, 5) is 4.08. The Balaban J connectivity index is 1.67. The van der Waals surface area contributed by atoms with Crippen LogP contribution in [-0.4, -0.2) is 11.0 Å². The highest BCUT2D eigenvalue weighted by Crippen LogP contribution is 2.42. The van der Waals surface area contributed by atoms with E-state index >= 15 is 0 Å². The molecule has 0 unspecified atom stereocenters. The van der Waals surface area contributed by atoms with E-state index in [4.69, 9.17) is 34.8 Å². The first-order valence-electron chi connectivity index (χ1n) is 6.88. The Kier molecular flexibility index (Phi) is 4.30. The summed E-state index contributed by atoms with van der Waals surface area (Å²) >= 11 is 18.3. The van der Waals surface area contributed by atoms with Gasteiger partial charge < -0.3 is 5.32 Å². The maximum absolute atomic E-state index is 6.24. The van der Waals surface area contributed by atoms with Crippen LogP contribution in [0.1, 0.15) is 29.9 Å². The van der Waals surface area contributed by atoms with Crippen molar-refractivity contribution < 1.29 is 0 Å². The lowest BCUT2D eigenvalue weighted by molar-refractivity contribution is 0.374. The first-order chi connectivity index (χ1) is 10.0. The zero-order valence-electron chi connectivity index (χ0n) is 11.5. The minimum atomic E-state index is 0.394. The standard InChI is InChI=1S/C16H15Cl3N2/c1-9-6-14(18)21-16(19)15(9)20-11-7-10(8-11)12-4-2-3-5-13(12)17/h2-6,10-11,20H,7-8H2,1H3. The van der Waals surface area contributed by atoms with E-state index in [1.54, 1.807) is 0 Å². The second-order valence-electron chi connectivity index (χ2n) is 5.46. The molecule has 1 heterocycles. The zero-order chi connectivity index (χ0) is 15.0. The number of pyridine rings is 1. The van der Waals surface area contributed by atoms with E-state index < -0.39 is 0 Å². The Labute approximate surface area is 139 Å². The highest BCUT2D eigenvalue weighted by atomic mass is 35.5. The summed E-state index contributed by atoms with van der Waals surface area (Å²) in [5, 5.41) is 5.17. The van der Waals surface area contributed by atoms with Gasteiger partial charge in [-0.3, -0.25) is 0 Å². The summed E-state index contributed by atoms with van der Waals surface area (Å²) in [6.45, 7) is 1.98. The van der Waals surface area contributed by atoms with E-state index in [9.17, 15) is 0 Å². The molecule has 2 nitrogen and oxygen atoms in total. The van der Waals surface area contributed by atoms with Crippen LogP contribution in [0.15, 0.2) is 30.3 Å². The third-order valence-corrected chi connectivity index (χ3v) is 4.78. The Morgan fingerprint density at radius 1 is 1.14 bits per heavy atom. The van der Waals surface area contributed by atoms with Crippen molar-refractivity contribution in [2.24, 2.45) is 0 Å². The van der Waals surface area contributed by atoms with E-state index in [2.05, 4.69) is 16.4 Å². The van der Waals surface area contributed by atoms with E-state index in [0.29, 0.717) is 22.3 Å². The monoisotopic (exact) mass is 340 g/mol. The van der Waals surface area contributed by atoms with Crippen molar-refractivity contribution in [2.75, 3.05) is 5.32 Å². The minimum Gasteiger partial charge on any atom is -0.380 e. The fraction of sp³-hybridized carbons (Fsp3) is 0.312. The van der Waals surface area contributed by atoms with E-state index in [0.717, 1.165) is 29.1 Å². The molecular weight excluding hydrogens is 327 g/mol. The summed E-state index contributed by atoms with van der Waals surface area (Å²) in [6.07, 6.45) is 2.09. The summed E-state index contributed by atoms with van der Waals surface area (Å²) in [5.74, 6) is 0.510. The molecule has 110 valence electrons. The number of halogens is 3. The second kappa shape index (κ2) is 6.04. The quantitative estimate of drug-likeness (QED) is 0.723. The van der Waals surface area contributed by atoms with Crippen molar-refractivity contribution >= 4 is 40.5 Å². The molecule has 0 bridgehead atoms. The SMILES string of the molecule is Cc1cc(Cl)nc(Cl)c1NC1CC(c2ccccc2Cl)C1. The van der Waals surface area contributed by atoms with Crippen LogP contribution in [0.3, 0.4) is 0 Å².